The number of hydrogen-bond acceptors (Lipinski definition) is 3. The van der Waals surface area contributed by atoms with Crippen LogP contribution in [-0.2, 0) is 4.79 Å². The average molecular weight is 340 g/mol. The van der Waals surface area contributed by atoms with Crippen LogP contribution in [0.3, 0.4) is 0 Å². The molecule has 6 heteroatoms. The van der Waals surface area contributed by atoms with E-state index >= 15 is 0 Å². The number of nitrogens with one attached hydrogen (secondary N) is 2. The topological polar surface area (TPSA) is 54.0 Å². The molecule has 4 nitrogen and oxygen atoms in total. The zero-order chi connectivity index (χ0) is 11.3. The molecule has 0 unspecified atom stereocenters. The Balaban J connectivity index is 2.51. The third-order valence-corrected chi connectivity index (χ3v) is 3.13. The summed E-state index contributed by atoms with van der Waals surface area (Å²) in [6.45, 7) is 2.73. The van der Waals surface area contributed by atoms with Gasteiger partial charge in [0.15, 0.2) is 0 Å². The van der Waals surface area contributed by atoms with Crippen molar-refractivity contribution < 1.29 is 4.79 Å². The van der Waals surface area contributed by atoms with E-state index in [9.17, 15) is 4.79 Å². The molecule has 1 heterocycles. The lowest BCUT2D eigenvalue weighted by molar-refractivity contribution is -0.119. The quantitative estimate of drug-likeness (QED) is 0.824. The van der Waals surface area contributed by atoms with E-state index < -0.39 is 0 Å². The van der Waals surface area contributed by atoms with Crippen molar-refractivity contribution in [1.29, 1.82) is 0 Å². The molecular weight excluding hydrogens is 328 g/mol. The number of nitrogens with zero attached hydrogens (tertiary/aromatic N) is 1. The molecule has 82 valence electrons. The highest BCUT2D eigenvalue weighted by Crippen LogP contribution is 2.19. The first-order chi connectivity index (χ1) is 7.13. The molecule has 15 heavy (non-hydrogen) atoms. The number of aromatic nitrogens is 1. The molecule has 0 aromatic carbocycles. The number of amides is 1. The Morgan fingerprint density at radius 2 is 2.40 bits per heavy atom. The number of anilines is 1. The van der Waals surface area contributed by atoms with Crippen LogP contribution in [0.25, 0.3) is 0 Å². The van der Waals surface area contributed by atoms with Gasteiger partial charge in [-0.2, -0.15) is 0 Å². The first-order valence-corrected chi connectivity index (χ1v) is 5.90. The highest BCUT2D eigenvalue weighted by atomic mass is 127. The molecule has 0 aliphatic carbocycles. The Labute approximate surface area is 107 Å². The maximum atomic E-state index is 11.1. The van der Waals surface area contributed by atoms with Gasteiger partial charge in [-0.05, 0) is 35.6 Å². The van der Waals surface area contributed by atoms with Gasteiger partial charge in [0.05, 0.1) is 11.6 Å². The third kappa shape index (κ3) is 4.21. The van der Waals surface area contributed by atoms with Gasteiger partial charge in [-0.3, -0.25) is 4.79 Å². The zero-order valence-corrected chi connectivity index (χ0v) is 11.1. The molecule has 2 N–H and O–H groups in total. The summed E-state index contributed by atoms with van der Waals surface area (Å²) in [5.74, 6) is 0.597. The molecule has 0 spiro atoms. The van der Waals surface area contributed by atoms with Crippen LogP contribution >= 0.6 is 34.2 Å². The summed E-state index contributed by atoms with van der Waals surface area (Å²) in [5, 5.41) is 6.21. The van der Waals surface area contributed by atoms with Crippen LogP contribution in [0.4, 0.5) is 5.82 Å². The second-order valence-electron chi connectivity index (χ2n) is 2.79. The number of hydrogen-bond donors (Lipinski definition) is 2. The van der Waals surface area contributed by atoms with Crippen LogP contribution in [0.1, 0.15) is 6.92 Å². The smallest absolute Gasteiger partial charge is 0.239 e. The van der Waals surface area contributed by atoms with Crippen LogP contribution in [0.15, 0.2) is 12.3 Å². The van der Waals surface area contributed by atoms with Crippen molar-refractivity contribution in [2.24, 2.45) is 0 Å². The summed E-state index contributed by atoms with van der Waals surface area (Å²) in [7, 11) is 0. The second-order valence-corrected chi connectivity index (χ2v) is 4.36. The lowest BCUT2D eigenvalue weighted by Gasteiger charge is -2.06. The normalized spacial score (nSPS) is 9.80. The molecule has 0 aliphatic rings. The monoisotopic (exact) mass is 339 g/mol. The number of carbonyl (C=O) groups is 1. The van der Waals surface area contributed by atoms with E-state index in [1.165, 1.54) is 0 Å². The molecule has 1 rings (SSSR count). The second kappa shape index (κ2) is 6.12. The van der Waals surface area contributed by atoms with E-state index in [4.69, 9.17) is 11.6 Å². The molecular formula is C9H11ClIN3O. The lowest BCUT2D eigenvalue weighted by atomic mass is 10.4. The maximum Gasteiger partial charge on any atom is 0.239 e. The Morgan fingerprint density at radius 1 is 1.67 bits per heavy atom. The van der Waals surface area contributed by atoms with Crippen LogP contribution in [0.2, 0.25) is 5.02 Å². The fraction of sp³-hybridized carbons (Fsp3) is 0.333. The van der Waals surface area contributed by atoms with Gasteiger partial charge in [-0.15, -0.1) is 0 Å². The van der Waals surface area contributed by atoms with Crippen molar-refractivity contribution in [2.45, 2.75) is 6.92 Å². The molecule has 0 radical (unpaired) electrons. The molecule has 0 saturated heterocycles. The van der Waals surface area contributed by atoms with E-state index in [2.05, 4.69) is 38.2 Å². The maximum absolute atomic E-state index is 11.1. The highest BCUT2D eigenvalue weighted by Gasteiger charge is 2.02. The predicted molar refractivity (Wildman–Crippen MR) is 69.1 cm³/mol. The third-order valence-electron chi connectivity index (χ3n) is 1.61. The molecule has 0 bridgehead atoms. The van der Waals surface area contributed by atoms with Gasteiger partial charge < -0.3 is 10.6 Å². The number of halogens is 2. The first-order valence-electron chi connectivity index (χ1n) is 4.45. The van der Waals surface area contributed by atoms with Gasteiger partial charge in [0.1, 0.15) is 5.82 Å². The Morgan fingerprint density at radius 3 is 3.00 bits per heavy atom. The van der Waals surface area contributed by atoms with Gasteiger partial charge in [-0.1, -0.05) is 11.6 Å². The molecule has 0 fully saturated rings. The first kappa shape index (κ1) is 12.5. The van der Waals surface area contributed by atoms with Crippen molar-refractivity contribution in [1.82, 2.24) is 10.3 Å². The van der Waals surface area contributed by atoms with E-state index in [1.54, 1.807) is 12.3 Å². The molecule has 1 aromatic heterocycles. The summed E-state index contributed by atoms with van der Waals surface area (Å²) in [5.41, 5.74) is 0. The van der Waals surface area contributed by atoms with Crippen LogP contribution in [0, 0.1) is 3.57 Å². The molecule has 0 aliphatic heterocycles. The van der Waals surface area contributed by atoms with E-state index in [0.29, 0.717) is 17.4 Å². The average Bonchev–Trinajstić information content (AvgIpc) is 2.20. The summed E-state index contributed by atoms with van der Waals surface area (Å²) in [6.07, 6.45) is 1.56. The zero-order valence-electron chi connectivity index (χ0n) is 8.18. The molecule has 1 amide bonds. The van der Waals surface area contributed by atoms with Crippen molar-refractivity contribution in [3.05, 3.63) is 20.9 Å². The standard InChI is InChI=1S/C9H11ClIN3O/c1-2-12-9(15)5-14-8-3-7(11)6(10)4-13-8/h3-4H,2,5H2,1H3,(H,12,15)(H,13,14). The van der Waals surface area contributed by atoms with E-state index in [1.807, 2.05) is 6.92 Å². The number of carbonyl (C=O) groups excluding carboxylic acids is 1. The minimum absolute atomic E-state index is 0.0516. The van der Waals surface area contributed by atoms with Crippen molar-refractivity contribution in [3.8, 4) is 0 Å². The number of likely N-dealkylation sites (N-methyl/N-ethyl adjacent to an activating group) is 1. The Kier molecular flexibility index (Phi) is 5.10. The lowest BCUT2D eigenvalue weighted by Crippen LogP contribution is -2.29. The fourth-order valence-electron chi connectivity index (χ4n) is 0.941. The summed E-state index contributed by atoms with van der Waals surface area (Å²) in [4.78, 5) is 15.2. The SMILES string of the molecule is CCNC(=O)CNc1cc(I)c(Cl)cn1. The Hall–Kier alpha value is -0.560. The van der Waals surface area contributed by atoms with Gasteiger partial charge >= 0.3 is 0 Å². The van der Waals surface area contributed by atoms with Crippen molar-refractivity contribution in [2.75, 3.05) is 18.4 Å². The van der Waals surface area contributed by atoms with Crippen LogP contribution < -0.4 is 10.6 Å². The van der Waals surface area contributed by atoms with Crippen molar-refractivity contribution >= 4 is 45.9 Å². The fourth-order valence-corrected chi connectivity index (χ4v) is 1.48. The molecule has 1 aromatic rings. The van der Waals surface area contributed by atoms with Crippen molar-refractivity contribution in [3.63, 3.8) is 0 Å². The largest absolute Gasteiger partial charge is 0.361 e. The highest BCUT2D eigenvalue weighted by molar-refractivity contribution is 14.1. The van der Waals surface area contributed by atoms with E-state index in [-0.39, 0.29) is 12.5 Å². The summed E-state index contributed by atoms with van der Waals surface area (Å²) in [6, 6.07) is 1.79. The molecule has 0 saturated carbocycles. The predicted octanol–water partition coefficient (Wildman–Crippen LogP) is 1.89. The minimum Gasteiger partial charge on any atom is -0.361 e. The van der Waals surface area contributed by atoms with Gasteiger partial charge in [-0.25, -0.2) is 4.98 Å². The van der Waals surface area contributed by atoms with Gasteiger partial charge in [0, 0.05) is 16.3 Å². The minimum atomic E-state index is -0.0516. The van der Waals surface area contributed by atoms with Crippen LogP contribution in [0.5, 0.6) is 0 Å². The number of pyridine rings is 1. The number of rotatable bonds is 4. The Bertz CT molecular complexity index is 359. The molecule has 0 atom stereocenters. The van der Waals surface area contributed by atoms with Crippen LogP contribution in [-0.4, -0.2) is 24.0 Å². The van der Waals surface area contributed by atoms with E-state index in [0.717, 1.165) is 3.57 Å². The van der Waals surface area contributed by atoms with Gasteiger partial charge in [0.2, 0.25) is 5.91 Å². The summed E-state index contributed by atoms with van der Waals surface area (Å²) < 4.78 is 0.905. The summed E-state index contributed by atoms with van der Waals surface area (Å²) >= 11 is 7.93. The van der Waals surface area contributed by atoms with Gasteiger partial charge in [0.25, 0.3) is 0 Å².